The second kappa shape index (κ2) is 5.93. The third-order valence-electron chi connectivity index (χ3n) is 3.50. The topological polar surface area (TPSA) is 35.8 Å². The van der Waals surface area contributed by atoms with Crippen LogP contribution in [0.2, 0.25) is 10.0 Å². The smallest absolute Gasteiger partial charge is 0.0628 e. The van der Waals surface area contributed by atoms with Crippen molar-refractivity contribution in [3.05, 3.63) is 33.8 Å². The Labute approximate surface area is 118 Å². The first kappa shape index (κ1) is 13.7. The van der Waals surface area contributed by atoms with E-state index in [1.807, 2.05) is 12.1 Å². The molecular weight excluding hydrogens is 267 g/mol. The molecule has 1 aromatic rings. The fourth-order valence-corrected chi connectivity index (χ4v) is 2.56. The first-order valence-corrected chi connectivity index (χ1v) is 6.92. The number of nitrogens with zero attached hydrogens (tertiary/aromatic N) is 1. The Morgan fingerprint density at radius 3 is 2.72 bits per heavy atom. The Morgan fingerprint density at radius 2 is 2.11 bits per heavy atom. The molecule has 2 nitrogen and oxygen atoms in total. The molecule has 0 amide bonds. The molecule has 18 heavy (non-hydrogen) atoms. The Bertz CT molecular complexity index is 461. The molecule has 1 aliphatic rings. The summed E-state index contributed by atoms with van der Waals surface area (Å²) in [5.41, 5.74) is 1.37. The quantitative estimate of drug-likeness (QED) is 0.806. The zero-order valence-corrected chi connectivity index (χ0v) is 11.7. The number of rotatable bonds is 6. The van der Waals surface area contributed by atoms with Crippen LogP contribution in [-0.4, -0.2) is 13.1 Å². The van der Waals surface area contributed by atoms with Crippen LogP contribution >= 0.6 is 23.2 Å². The largest absolute Gasteiger partial charge is 0.316 e. The molecule has 1 saturated carbocycles. The molecule has 0 atom stereocenters. The first-order valence-electron chi connectivity index (χ1n) is 6.17. The van der Waals surface area contributed by atoms with Gasteiger partial charge in [-0.15, -0.1) is 0 Å². The number of nitrogens with one attached hydrogen (secondary N) is 1. The predicted molar refractivity (Wildman–Crippen MR) is 74.9 cm³/mol. The van der Waals surface area contributed by atoms with E-state index in [4.69, 9.17) is 28.5 Å². The molecule has 0 spiro atoms. The van der Waals surface area contributed by atoms with Crippen LogP contribution in [0, 0.1) is 16.7 Å². The van der Waals surface area contributed by atoms with Gasteiger partial charge >= 0.3 is 0 Å². The molecule has 1 N–H and O–H groups in total. The maximum atomic E-state index is 8.73. The van der Waals surface area contributed by atoms with Gasteiger partial charge in [-0.2, -0.15) is 5.26 Å². The van der Waals surface area contributed by atoms with Crippen molar-refractivity contribution in [2.45, 2.75) is 25.7 Å². The number of hydrogen-bond acceptors (Lipinski definition) is 2. The molecule has 0 bridgehead atoms. The van der Waals surface area contributed by atoms with Crippen molar-refractivity contribution in [1.29, 1.82) is 5.26 Å². The van der Waals surface area contributed by atoms with Crippen molar-refractivity contribution in [3.8, 4) is 6.07 Å². The fraction of sp³-hybridized carbons (Fsp3) is 0.500. The van der Waals surface area contributed by atoms with Gasteiger partial charge < -0.3 is 5.32 Å². The standard InChI is InChI=1S/C14H16Cl2N2/c15-12-2-1-11(13(16)9-12)3-8-18-10-14(4-5-14)6-7-17/h1-2,9,18H,3-6,8,10H2. The second-order valence-electron chi connectivity index (χ2n) is 5.00. The summed E-state index contributed by atoms with van der Waals surface area (Å²) in [6, 6.07) is 7.87. The second-order valence-corrected chi connectivity index (χ2v) is 5.84. The van der Waals surface area contributed by atoms with Gasteiger partial charge in [-0.05, 0) is 48.9 Å². The van der Waals surface area contributed by atoms with Crippen LogP contribution in [0.15, 0.2) is 18.2 Å². The first-order chi connectivity index (χ1) is 8.65. The Hall–Kier alpha value is -0.750. The molecule has 0 aromatic heterocycles. The minimum Gasteiger partial charge on any atom is -0.316 e. The van der Waals surface area contributed by atoms with Crippen LogP contribution in [0.5, 0.6) is 0 Å². The van der Waals surface area contributed by atoms with Crippen molar-refractivity contribution in [2.75, 3.05) is 13.1 Å². The Kier molecular flexibility index (Phi) is 4.50. The van der Waals surface area contributed by atoms with Crippen LogP contribution in [0.1, 0.15) is 24.8 Å². The van der Waals surface area contributed by atoms with E-state index >= 15 is 0 Å². The lowest BCUT2D eigenvalue weighted by Crippen LogP contribution is -2.25. The summed E-state index contributed by atoms with van der Waals surface area (Å²) in [7, 11) is 0. The van der Waals surface area contributed by atoms with Gasteiger partial charge in [0.25, 0.3) is 0 Å². The zero-order valence-electron chi connectivity index (χ0n) is 10.2. The van der Waals surface area contributed by atoms with Crippen LogP contribution in [0.4, 0.5) is 0 Å². The molecule has 1 fully saturated rings. The molecule has 2 rings (SSSR count). The van der Waals surface area contributed by atoms with Gasteiger partial charge in [-0.25, -0.2) is 0 Å². The van der Waals surface area contributed by atoms with Crippen molar-refractivity contribution in [3.63, 3.8) is 0 Å². The molecule has 0 unspecified atom stereocenters. The van der Waals surface area contributed by atoms with E-state index in [0.717, 1.165) is 30.1 Å². The van der Waals surface area contributed by atoms with Crippen molar-refractivity contribution >= 4 is 23.2 Å². The fourth-order valence-electron chi connectivity index (χ4n) is 2.06. The number of benzene rings is 1. The molecule has 0 aliphatic heterocycles. The summed E-state index contributed by atoms with van der Waals surface area (Å²) in [5.74, 6) is 0. The van der Waals surface area contributed by atoms with Crippen molar-refractivity contribution < 1.29 is 0 Å². The van der Waals surface area contributed by atoms with Crippen molar-refractivity contribution in [2.24, 2.45) is 5.41 Å². The Morgan fingerprint density at radius 1 is 1.33 bits per heavy atom. The Balaban J connectivity index is 1.74. The minimum atomic E-state index is 0.262. The molecule has 1 aromatic carbocycles. The van der Waals surface area contributed by atoms with E-state index in [2.05, 4.69) is 11.4 Å². The van der Waals surface area contributed by atoms with Gasteiger partial charge in [0.05, 0.1) is 6.07 Å². The van der Waals surface area contributed by atoms with E-state index in [1.165, 1.54) is 12.8 Å². The third kappa shape index (κ3) is 3.62. The van der Waals surface area contributed by atoms with Gasteiger partial charge in [0, 0.05) is 23.0 Å². The normalized spacial score (nSPS) is 16.3. The number of halogens is 2. The average Bonchev–Trinajstić information content (AvgIpc) is 3.08. The summed E-state index contributed by atoms with van der Waals surface area (Å²) in [5, 5.41) is 13.5. The maximum Gasteiger partial charge on any atom is 0.0628 e. The lowest BCUT2D eigenvalue weighted by atomic mass is 10.0. The minimum absolute atomic E-state index is 0.262. The molecule has 96 valence electrons. The predicted octanol–water partition coefficient (Wildman–Crippen LogP) is 3.82. The lowest BCUT2D eigenvalue weighted by molar-refractivity contribution is 0.469. The summed E-state index contributed by atoms with van der Waals surface area (Å²) < 4.78 is 0. The number of nitriles is 1. The van der Waals surface area contributed by atoms with E-state index in [1.54, 1.807) is 6.07 Å². The highest BCUT2D eigenvalue weighted by molar-refractivity contribution is 6.35. The average molecular weight is 283 g/mol. The third-order valence-corrected chi connectivity index (χ3v) is 4.08. The molecule has 4 heteroatoms. The highest BCUT2D eigenvalue weighted by atomic mass is 35.5. The molecule has 0 heterocycles. The van der Waals surface area contributed by atoms with Gasteiger partial charge in [-0.3, -0.25) is 0 Å². The van der Waals surface area contributed by atoms with Gasteiger partial charge in [0.1, 0.15) is 0 Å². The van der Waals surface area contributed by atoms with Crippen LogP contribution in [0.25, 0.3) is 0 Å². The highest BCUT2D eigenvalue weighted by Crippen LogP contribution is 2.47. The summed E-state index contributed by atoms with van der Waals surface area (Å²) in [6.45, 7) is 1.82. The van der Waals surface area contributed by atoms with Crippen LogP contribution in [0.3, 0.4) is 0 Å². The summed E-state index contributed by atoms with van der Waals surface area (Å²) in [4.78, 5) is 0. The van der Waals surface area contributed by atoms with E-state index in [-0.39, 0.29) is 5.41 Å². The summed E-state index contributed by atoms with van der Waals surface area (Å²) in [6.07, 6.45) is 3.91. The molecule has 0 radical (unpaired) electrons. The monoisotopic (exact) mass is 282 g/mol. The van der Waals surface area contributed by atoms with Gasteiger partial charge in [0.15, 0.2) is 0 Å². The summed E-state index contributed by atoms with van der Waals surface area (Å²) >= 11 is 12.0. The maximum absolute atomic E-state index is 8.73. The van der Waals surface area contributed by atoms with Crippen molar-refractivity contribution in [1.82, 2.24) is 5.32 Å². The van der Waals surface area contributed by atoms with Crippen LogP contribution < -0.4 is 5.32 Å². The van der Waals surface area contributed by atoms with Gasteiger partial charge in [-0.1, -0.05) is 29.3 Å². The number of hydrogen-bond donors (Lipinski definition) is 1. The SMILES string of the molecule is N#CCC1(CNCCc2ccc(Cl)cc2Cl)CC1. The van der Waals surface area contributed by atoms with E-state index in [9.17, 15) is 0 Å². The zero-order chi connectivity index (χ0) is 13.0. The van der Waals surface area contributed by atoms with Gasteiger partial charge in [0.2, 0.25) is 0 Å². The van der Waals surface area contributed by atoms with E-state index < -0.39 is 0 Å². The molecule has 1 aliphatic carbocycles. The highest BCUT2D eigenvalue weighted by Gasteiger charge is 2.41. The lowest BCUT2D eigenvalue weighted by Gasteiger charge is -2.12. The van der Waals surface area contributed by atoms with E-state index in [0.29, 0.717) is 11.4 Å². The molecular formula is C14H16Cl2N2. The molecule has 0 saturated heterocycles. The van der Waals surface area contributed by atoms with Crippen LogP contribution in [-0.2, 0) is 6.42 Å².